The van der Waals surface area contributed by atoms with Gasteiger partial charge in [-0.05, 0) is 62.5 Å². The number of aliphatic imine (C=N–C) groups is 1. The van der Waals surface area contributed by atoms with Gasteiger partial charge in [0.05, 0.1) is 6.54 Å². The van der Waals surface area contributed by atoms with E-state index >= 15 is 0 Å². The number of carbonyl (C=O) groups is 6. The first-order chi connectivity index (χ1) is 26.5. The van der Waals surface area contributed by atoms with Crippen LogP contribution in [0, 0.1) is 5.92 Å². The Morgan fingerprint density at radius 3 is 2.22 bits per heavy atom. The zero-order valence-electron chi connectivity index (χ0n) is 31.5. The Kier molecular flexibility index (Phi) is 12.7. The van der Waals surface area contributed by atoms with E-state index in [1.165, 1.54) is 14.7 Å². The summed E-state index contributed by atoms with van der Waals surface area (Å²) in [5.74, 6) is -3.17. The second-order valence-corrected chi connectivity index (χ2v) is 15.1. The predicted octanol–water partition coefficient (Wildman–Crippen LogP) is 0.858. The normalized spacial score (nSPS) is 27.4. The molecule has 294 valence electrons. The lowest BCUT2D eigenvalue weighted by Gasteiger charge is -2.39. The molecule has 55 heavy (non-hydrogen) atoms. The third-order valence-electron chi connectivity index (χ3n) is 10.9. The molecule has 0 aromatic heterocycles. The first kappa shape index (κ1) is 39.2. The molecule has 4 saturated heterocycles. The molecule has 15 heteroatoms. The van der Waals surface area contributed by atoms with Gasteiger partial charge in [-0.25, -0.2) is 9.79 Å². The number of piperidine rings is 1. The topological polar surface area (TPSA) is 196 Å². The Bertz CT molecular complexity index is 1760. The number of nitrogens with one attached hydrogen (secondary N) is 3. The standard InChI is InChI=1S/C40H52N8O7/c1-25-20-33-39(54)55-24-30(44-34(49)29(21-27-12-5-3-6-13-27)45-40(41)42-22-28-14-7-4-8-15-28)37(52)47-19-11-17-32(47)38(53)46-18-10-9-16-31(46)35(50)43-26(2)36(51)48(33)23-25/h3-8,12-15,25-26,29-33H,9-11,16-24H2,1-2H3,(H,43,50)(H,44,49)(H3,41,42,45)/t25-,26+,29+,30+,31+,32+,33+/m1/s1. The maximum Gasteiger partial charge on any atom is 0.328 e. The molecule has 0 spiro atoms. The number of nitrogens with zero attached hydrogens (tertiary/aromatic N) is 4. The number of cyclic esters (lactones) is 1. The number of amides is 5. The first-order valence-corrected chi connectivity index (χ1v) is 19.3. The second kappa shape index (κ2) is 17.8. The van der Waals surface area contributed by atoms with Crippen LogP contribution in [0.2, 0.25) is 0 Å². The molecule has 0 unspecified atom stereocenters. The molecule has 4 aliphatic heterocycles. The lowest BCUT2D eigenvalue weighted by Crippen LogP contribution is -2.62. The summed E-state index contributed by atoms with van der Waals surface area (Å²) >= 11 is 0. The van der Waals surface area contributed by atoms with Gasteiger partial charge in [-0.1, -0.05) is 67.6 Å². The predicted molar refractivity (Wildman–Crippen MR) is 203 cm³/mol. The van der Waals surface area contributed by atoms with Gasteiger partial charge in [-0.3, -0.25) is 24.0 Å². The molecular formula is C40H52N8O7. The molecule has 4 heterocycles. The highest BCUT2D eigenvalue weighted by atomic mass is 16.5. The van der Waals surface area contributed by atoms with Gasteiger partial charge in [0.2, 0.25) is 29.5 Å². The second-order valence-electron chi connectivity index (χ2n) is 15.1. The molecule has 15 nitrogen and oxygen atoms in total. The quantitative estimate of drug-likeness (QED) is 0.180. The molecular weight excluding hydrogens is 704 g/mol. The van der Waals surface area contributed by atoms with Crippen molar-refractivity contribution in [3.8, 4) is 0 Å². The molecule has 5 N–H and O–H groups in total. The number of nitrogens with two attached hydrogens (primary N) is 1. The fraction of sp³-hybridized carbons (Fsp3) is 0.525. The number of carbonyl (C=O) groups excluding carboxylic acids is 6. The minimum atomic E-state index is -1.37. The van der Waals surface area contributed by atoms with Crippen molar-refractivity contribution in [2.45, 2.75) is 102 Å². The Balaban J connectivity index is 1.29. The molecule has 0 radical (unpaired) electrons. The highest BCUT2D eigenvalue weighted by Crippen LogP contribution is 2.28. The van der Waals surface area contributed by atoms with E-state index in [4.69, 9.17) is 10.5 Å². The van der Waals surface area contributed by atoms with Crippen LogP contribution in [0.3, 0.4) is 0 Å². The fourth-order valence-corrected chi connectivity index (χ4v) is 8.03. The van der Waals surface area contributed by atoms with Gasteiger partial charge in [0.15, 0.2) is 5.96 Å². The lowest BCUT2D eigenvalue weighted by atomic mass is 9.99. The van der Waals surface area contributed by atoms with Crippen LogP contribution in [0.5, 0.6) is 0 Å². The number of hydrogen-bond donors (Lipinski definition) is 4. The lowest BCUT2D eigenvalue weighted by molar-refractivity contribution is -0.158. The van der Waals surface area contributed by atoms with Crippen molar-refractivity contribution in [1.82, 2.24) is 30.7 Å². The summed E-state index contributed by atoms with van der Waals surface area (Å²) in [6.07, 6.45) is 3.25. The van der Waals surface area contributed by atoms with Gasteiger partial charge in [0, 0.05) is 26.1 Å². The fourth-order valence-electron chi connectivity index (χ4n) is 8.03. The molecule has 4 aliphatic rings. The van der Waals surface area contributed by atoms with Crippen LogP contribution in [0.1, 0.15) is 63.5 Å². The molecule has 2 aromatic rings. The minimum Gasteiger partial charge on any atom is -0.461 e. The van der Waals surface area contributed by atoms with Crippen LogP contribution < -0.4 is 21.7 Å². The smallest absolute Gasteiger partial charge is 0.328 e. The number of guanidine groups is 1. The van der Waals surface area contributed by atoms with Crippen LogP contribution in [-0.4, -0.2) is 119 Å². The summed E-state index contributed by atoms with van der Waals surface area (Å²) in [5.41, 5.74) is 8.05. The average molecular weight is 757 g/mol. The molecule has 7 atom stereocenters. The monoisotopic (exact) mass is 756 g/mol. The summed E-state index contributed by atoms with van der Waals surface area (Å²) in [6.45, 7) is 4.10. The number of hydrogen-bond acceptors (Lipinski definition) is 8. The summed E-state index contributed by atoms with van der Waals surface area (Å²) < 4.78 is 5.77. The van der Waals surface area contributed by atoms with Crippen molar-refractivity contribution in [1.29, 1.82) is 0 Å². The summed E-state index contributed by atoms with van der Waals surface area (Å²) in [6, 6.07) is 12.8. The van der Waals surface area contributed by atoms with Gasteiger partial charge in [-0.2, -0.15) is 0 Å². The van der Waals surface area contributed by atoms with E-state index in [0.29, 0.717) is 38.6 Å². The number of fused-ring (bicyclic) bond motifs is 3. The Labute approximate surface area is 321 Å². The zero-order valence-corrected chi connectivity index (χ0v) is 31.5. The van der Waals surface area contributed by atoms with Crippen LogP contribution in [0.15, 0.2) is 65.7 Å². The van der Waals surface area contributed by atoms with Crippen molar-refractivity contribution in [3.05, 3.63) is 71.8 Å². The van der Waals surface area contributed by atoms with Gasteiger partial charge in [0.25, 0.3) is 0 Å². The largest absolute Gasteiger partial charge is 0.461 e. The average Bonchev–Trinajstić information content (AvgIpc) is 3.85. The summed E-state index contributed by atoms with van der Waals surface area (Å²) in [7, 11) is 0. The Hall–Kier alpha value is -5.47. The third-order valence-corrected chi connectivity index (χ3v) is 10.9. The van der Waals surface area contributed by atoms with Crippen LogP contribution in [-0.2, 0) is 46.5 Å². The number of benzene rings is 2. The highest BCUT2D eigenvalue weighted by Gasteiger charge is 2.46. The van der Waals surface area contributed by atoms with Gasteiger partial charge >= 0.3 is 5.97 Å². The van der Waals surface area contributed by atoms with Crippen molar-refractivity contribution < 1.29 is 33.5 Å². The molecule has 5 amide bonds. The Morgan fingerprint density at radius 2 is 1.49 bits per heavy atom. The van der Waals surface area contributed by atoms with E-state index in [0.717, 1.165) is 17.5 Å². The molecule has 0 bridgehead atoms. The first-order valence-electron chi connectivity index (χ1n) is 19.3. The highest BCUT2D eigenvalue weighted by molar-refractivity contribution is 5.98. The van der Waals surface area contributed by atoms with Crippen molar-refractivity contribution in [2.24, 2.45) is 16.6 Å². The summed E-state index contributed by atoms with van der Waals surface area (Å²) in [4.78, 5) is 92.8. The number of ether oxygens (including phenoxy) is 1. The third kappa shape index (κ3) is 9.43. The Morgan fingerprint density at radius 1 is 0.836 bits per heavy atom. The molecule has 2 aromatic carbocycles. The molecule has 4 fully saturated rings. The zero-order chi connectivity index (χ0) is 39.1. The van der Waals surface area contributed by atoms with Gasteiger partial charge < -0.3 is 41.1 Å². The van der Waals surface area contributed by atoms with Crippen molar-refractivity contribution in [2.75, 3.05) is 26.2 Å². The van der Waals surface area contributed by atoms with E-state index in [-0.39, 0.29) is 43.8 Å². The van der Waals surface area contributed by atoms with Crippen LogP contribution in [0.4, 0.5) is 0 Å². The van der Waals surface area contributed by atoms with Gasteiger partial charge in [-0.15, -0.1) is 0 Å². The maximum absolute atomic E-state index is 14.5. The van der Waals surface area contributed by atoms with E-state index in [1.54, 1.807) is 6.92 Å². The summed E-state index contributed by atoms with van der Waals surface area (Å²) in [5, 5.41) is 8.64. The van der Waals surface area contributed by atoms with Crippen molar-refractivity contribution in [3.63, 3.8) is 0 Å². The van der Waals surface area contributed by atoms with Crippen LogP contribution in [0.25, 0.3) is 0 Å². The number of esters is 1. The maximum atomic E-state index is 14.5. The van der Waals surface area contributed by atoms with E-state index in [2.05, 4.69) is 20.9 Å². The van der Waals surface area contributed by atoms with Crippen LogP contribution >= 0.6 is 0 Å². The van der Waals surface area contributed by atoms with Gasteiger partial charge in [0.1, 0.15) is 42.9 Å². The number of rotatable bonds is 7. The molecule has 6 rings (SSSR count). The van der Waals surface area contributed by atoms with E-state index in [9.17, 15) is 28.8 Å². The molecule has 0 aliphatic carbocycles. The minimum absolute atomic E-state index is 0.0235. The SMILES string of the molecule is C[C@@H]1C[C@H]2C(=O)OC[C@H](NC(=O)[C@H](Cc3ccccc3)NC(N)=NCc3ccccc3)C(=O)N3CCC[C@H]3C(=O)N3CCCC[C@H]3C(=O)N[C@@H](C)C(=O)N2C1. The van der Waals surface area contributed by atoms with E-state index in [1.807, 2.05) is 67.6 Å². The molecule has 0 saturated carbocycles. The van der Waals surface area contributed by atoms with E-state index < -0.39 is 72.5 Å². The van der Waals surface area contributed by atoms with Crippen molar-refractivity contribution >= 4 is 41.5 Å².